The molecule has 21 heavy (non-hydrogen) atoms. The number of hydrogen-bond acceptors (Lipinski definition) is 3. The smallest absolute Gasteiger partial charge is 0.236 e. The average molecular weight is 330 g/mol. The van der Waals surface area contributed by atoms with Crippen LogP contribution in [0.5, 0.6) is 0 Å². The number of nitrogens with zero attached hydrogens (tertiary/aromatic N) is 1. The number of unbranched alkanes of at least 4 members (excludes halogenated alkanes) is 1. The van der Waals surface area contributed by atoms with Crippen molar-refractivity contribution in [1.29, 1.82) is 0 Å². The minimum absolute atomic E-state index is 0.101. The van der Waals surface area contributed by atoms with Crippen LogP contribution >= 0.6 is 11.6 Å². The molecular weight excluding hydrogens is 310 g/mol. The first-order chi connectivity index (χ1) is 9.79. The second-order valence-electron chi connectivity index (χ2n) is 4.79. The van der Waals surface area contributed by atoms with Crippen LogP contribution in [0, 0.1) is 0 Å². The lowest BCUT2D eigenvalue weighted by Crippen LogP contribution is -2.26. The summed E-state index contributed by atoms with van der Waals surface area (Å²) < 4.78 is 25.8. The molecule has 6 heteroatoms. The van der Waals surface area contributed by atoms with Gasteiger partial charge < -0.3 is 0 Å². The van der Waals surface area contributed by atoms with E-state index >= 15 is 0 Å². The zero-order valence-electron chi connectivity index (χ0n) is 12.5. The summed E-state index contributed by atoms with van der Waals surface area (Å²) in [6, 6.07) is 6.70. The molecule has 116 valence electrons. The molecular formula is C15H20ClNO3S. The lowest BCUT2D eigenvalue weighted by molar-refractivity contribution is -0.111. The number of ketones is 1. The first kappa shape index (κ1) is 17.9. The lowest BCUT2D eigenvalue weighted by Gasteiger charge is -2.15. The van der Waals surface area contributed by atoms with Crippen molar-refractivity contribution in [3.63, 3.8) is 0 Å². The number of rotatable bonds is 7. The van der Waals surface area contributed by atoms with Crippen LogP contribution in [0.4, 0.5) is 0 Å². The number of benzene rings is 1. The van der Waals surface area contributed by atoms with Crippen molar-refractivity contribution in [1.82, 2.24) is 4.31 Å². The maximum absolute atomic E-state index is 12.3. The topological polar surface area (TPSA) is 54.5 Å². The number of halogens is 1. The van der Waals surface area contributed by atoms with E-state index in [1.54, 1.807) is 24.3 Å². The monoisotopic (exact) mass is 329 g/mol. The fourth-order valence-electron chi connectivity index (χ4n) is 1.76. The summed E-state index contributed by atoms with van der Waals surface area (Å²) in [7, 11) is -2.14. The quantitative estimate of drug-likeness (QED) is 0.721. The van der Waals surface area contributed by atoms with E-state index in [9.17, 15) is 13.2 Å². The minimum Gasteiger partial charge on any atom is -0.294 e. The molecule has 0 amide bonds. The third-order valence-electron chi connectivity index (χ3n) is 3.07. The highest BCUT2D eigenvalue weighted by atomic mass is 35.5. The van der Waals surface area contributed by atoms with Crippen LogP contribution in [-0.4, -0.2) is 32.1 Å². The number of sulfonamides is 1. The molecule has 0 fully saturated rings. The van der Waals surface area contributed by atoms with E-state index in [0.717, 1.165) is 18.2 Å². The van der Waals surface area contributed by atoms with Crippen LogP contribution in [0.25, 0.3) is 5.57 Å². The van der Waals surface area contributed by atoms with E-state index in [2.05, 4.69) is 0 Å². The van der Waals surface area contributed by atoms with Crippen molar-refractivity contribution in [2.45, 2.75) is 26.7 Å². The van der Waals surface area contributed by atoms with E-state index in [0.29, 0.717) is 17.1 Å². The molecule has 0 heterocycles. The molecule has 0 spiro atoms. The Morgan fingerprint density at radius 1 is 1.33 bits per heavy atom. The van der Waals surface area contributed by atoms with Crippen molar-refractivity contribution in [2.75, 3.05) is 13.6 Å². The van der Waals surface area contributed by atoms with Crippen LogP contribution in [0.3, 0.4) is 0 Å². The van der Waals surface area contributed by atoms with E-state index in [1.165, 1.54) is 18.3 Å². The fourth-order valence-corrected chi connectivity index (χ4v) is 3.15. The normalized spacial score (nSPS) is 12.7. The molecule has 4 nitrogen and oxygen atoms in total. The third kappa shape index (κ3) is 4.95. The Bertz CT molecular complexity index is 638. The van der Waals surface area contributed by atoms with Crippen LogP contribution in [0.2, 0.25) is 5.02 Å². The maximum Gasteiger partial charge on any atom is 0.236 e. The van der Waals surface area contributed by atoms with Gasteiger partial charge in [0.05, 0.1) is 5.41 Å². The van der Waals surface area contributed by atoms with Gasteiger partial charge in [0.25, 0.3) is 0 Å². The van der Waals surface area contributed by atoms with Crippen LogP contribution < -0.4 is 0 Å². The van der Waals surface area contributed by atoms with Crippen molar-refractivity contribution in [3.05, 3.63) is 40.3 Å². The largest absolute Gasteiger partial charge is 0.294 e. The molecule has 0 atom stereocenters. The first-order valence-electron chi connectivity index (χ1n) is 6.73. The molecule has 1 aromatic rings. The highest BCUT2D eigenvalue weighted by Crippen LogP contribution is 2.25. The van der Waals surface area contributed by atoms with Gasteiger partial charge in [-0.3, -0.25) is 4.79 Å². The average Bonchev–Trinajstić information content (AvgIpc) is 2.42. The highest BCUT2D eigenvalue weighted by Gasteiger charge is 2.19. The number of carbonyl (C=O) groups excluding carboxylic acids is 1. The molecule has 0 saturated heterocycles. The van der Waals surface area contributed by atoms with Crippen LogP contribution in [0.15, 0.2) is 29.7 Å². The zero-order valence-corrected chi connectivity index (χ0v) is 14.0. The van der Waals surface area contributed by atoms with Gasteiger partial charge in [-0.1, -0.05) is 43.1 Å². The Hall–Kier alpha value is -1.17. The van der Waals surface area contributed by atoms with E-state index in [1.807, 2.05) is 6.92 Å². The molecule has 0 aromatic heterocycles. The Morgan fingerprint density at radius 2 is 1.95 bits per heavy atom. The Labute approximate surface area is 131 Å². The van der Waals surface area contributed by atoms with Gasteiger partial charge in [0, 0.05) is 29.8 Å². The van der Waals surface area contributed by atoms with E-state index in [4.69, 9.17) is 11.6 Å². The third-order valence-corrected chi connectivity index (χ3v) is 4.99. The predicted molar refractivity (Wildman–Crippen MR) is 86.6 cm³/mol. The minimum atomic E-state index is -3.65. The summed E-state index contributed by atoms with van der Waals surface area (Å²) in [4.78, 5) is 11.8. The number of hydrogen-bond donors (Lipinski definition) is 0. The van der Waals surface area contributed by atoms with Gasteiger partial charge in [0.1, 0.15) is 0 Å². The molecule has 0 saturated carbocycles. The summed E-state index contributed by atoms with van der Waals surface area (Å²) in [5, 5.41) is 1.36. The van der Waals surface area contributed by atoms with Gasteiger partial charge in [0.2, 0.25) is 10.0 Å². The van der Waals surface area contributed by atoms with Crippen molar-refractivity contribution in [2.24, 2.45) is 0 Å². The molecule has 1 aromatic carbocycles. The summed E-state index contributed by atoms with van der Waals surface area (Å²) in [5.74, 6) is -0.337. The van der Waals surface area contributed by atoms with Crippen LogP contribution in [0.1, 0.15) is 32.3 Å². The van der Waals surface area contributed by atoms with Gasteiger partial charge in [0.15, 0.2) is 5.78 Å². The first-order valence-corrected chi connectivity index (χ1v) is 8.61. The molecule has 0 aliphatic carbocycles. The number of Topliss-reactive ketones (excluding diaryl/α,β-unsaturated/α-hetero) is 1. The van der Waals surface area contributed by atoms with Gasteiger partial charge in [-0.15, -0.1) is 0 Å². The summed E-state index contributed by atoms with van der Waals surface area (Å²) in [6.45, 7) is 3.74. The SMILES string of the molecule is CCCCN(C)S(=O)(=O)C=C(C(C)=O)c1ccccc1Cl. The van der Waals surface area contributed by atoms with E-state index < -0.39 is 10.0 Å². The standard InChI is InChI=1S/C15H20ClNO3S/c1-4-5-10-17(3)21(19,20)11-14(12(2)18)13-8-6-7-9-15(13)16/h6-9,11H,4-5,10H2,1-3H3. The second kappa shape index (κ2) is 7.73. The lowest BCUT2D eigenvalue weighted by atomic mass is 10.0. The summed E-state index contributed by atoms with van der Waals surface area (Å²) in [6.07, 6.45) is 1.67. The maximum atomic E-state index is 12.3. The fraction of sp³-hybridized carbons (Fsp3) is 0.400. The summed E-state index contributed by atoms with van der Waals surface area (Å²) >= 11 is 6.05. The molecule has 0 aliphatic heterocycles. The molecule has 0 aliphatic rings. The van der Waals surface area contributed by atoms with Gasteiger partial charge in [-0.2, -0.15) is 0 Å². The van der Waals surface area contributed by atoms with Gasteiger partial charge >= 0.3 is 0 Å². The van der Waals surface area contributed by atoms with Crippen molar-refractivity contribution < 1.29 is 13.2 Å². The Balaban J connectivity index is 3.23. The van der Waals surface area contributed by atoms with E-state index in [-0.39, 0.29) is 11.4 Å². The molecule has 0 unspecified atom stereocenters. The molecule has 0 N–H and O–H groups in total. The van der Waals surface area contributed by atoms with Gasteiger partial charge in [-0.25, -0.2) is 12.7 Å². The Morgan fingerprint density at radius 3 is 2.48 bits per heavy atom. The van der Waals surface area contributed by atoms with Gasteiger partial charge in [-0.05, 0) is 19.4 Å². The zero-order chi connectivity index (χ0) is 16.0. The molecule has 1 rings (SSSR count). The van der Waals surface area contributed by atoms with Crippen molar-refractivity contribution in [3.8, 4) is 0 Å². The van der Waals surface area contributed by atoms with Crippen molar-refractivity contribution >= 4 is 33.0 Å². The predicted octanol–water partition coefficient (Wildman–Crippen LogP) is 3.33. The highest BCUT2D eigenvalue weighted by molar-refractivity contribution is 7.92. The number of carbonyl (C=O) groups is 1. The van der Waals surface area contributed by atoms with Crippen LogP contribution in [-0.2, 0) is 14.8 Å². The molecule has 0 radical (unpaired) electrons. The second-order valence-corrected chi connectivity index (χ2v) is 7.08. The summed E-state index contributed by atoms with van der Waals surface area (Å²) in [5.41, 5.74) is 0.531. The Kier molecular flexibility index (Phi) is 6.58. The molecule has 0 bridgehead atoms. The number of allylic oxidation sites excluding steroid dienone is 1.